The van der Waals surface area contributed by atoms with Crippen LogP contribution in [0.25, 0.3) is 5.69 Å². The summed E-state index contributed by atoms with van der Waals surface area (Å²) >= 11 is 6.17. The Morgan fingerprint density at radius 1 is 1.19 bits per heavy atom. The van der Waals surface area contributed by atoms with Gasteiger partial charge in [0.15, 0.2) is 0 Å². The average Bonchev–Trinajstić information content (AvgIpc) is 2.88. The van der Waals surface area contributed by atoms with Crippen LogP contribution in [0.15, 0.2) is 24.3 Å². The molecule has 0 saturated heterocycles. The van der Waals surface area contributed by atoms with E-state index in [1.807, 2.05) is 12.1 Å². The number of nitrogens with zero attached hydrogens (tertiary/aromatic N) is 2. The Bertz CT molecular complexity index is 602. The molecule has 0 amide bonds. The zero-order chi connectivity index (χ0) is 15.4. The second kappa shape index (κ2) is 7.10. The van der Waals surface area contributed by atoms with Crippen LogP contribution in [0.3, 0.4) is 0 Å². The van der Waals surface area contributed by atoms with Gasteiger partial charge in [0.05, 0.1) is 11.4 Å². The van der Waals surface area contributed by atoms with Crippen molar-refractivity contribution in [3.8, 4) is 5.69 Å². The highest BCUT2D eigenvalue weighted by Gasteiger charge is 2.12. The first kappa shape index (κ1) is 16.1. The van der Waals surface area contributed by atoms with Crippen molar-refractivity contribution in [3.05, 3.63) is 46.2 Å². The quantitative estimate of drug-likeness (QED) is 0.869. The molecule has 0 bridgehead atoms. The lowest BCUT2D eigenvalue weighted by Gasteiger charge is -2.15. The van der Waals surface area contributed by atoms with E-state index in [-0.39, 0.29) is 0 Å². The molecule has 3 nitrogen and oxygen atoms in total. The van der Waals surface area contributed by atoms with Crippen LogP contribution in [-0.2, 0) is 19.4 Å². The monoisotopic (exact) mass is 305 g/mol. The molecular weight excluding hydrogens is 282 g/mol. The second-order valence-electron chi connectivity index (χ2n) is 5.55. The van der Waals surface area contributed by atoms with Gasteiger partial charge in [-0.3, -0.25) is 0 Å². The highest BCUT2D eigenvalue weighted by Crippen LogP contribution is 2.22. The second-order valence-corrected chi connectivity index (χ2v) is 5.99. The van der Waals surface area contributed by atoms with Crippen molar-refractivity contribution in [3.63, 3.8) is 0 Å². The zero-order valence-electron chi connectivity index (χ0n) is 13.3. The van der Waals surface area contributed by atoms with Crippen molar-refractivity contribution in [1.29, 1.82) is 0 Å². The molecule has 0 saturated carbocycles. The minimum Gasteiger partial charge on any atom is -0.310 e. The first-order chi connectivity index (χ1) is 10.0. The third kappa shape index (κ3) is 3.86. The Labute approximate surface area is 132 Å². The number of halogens is 1. The summed E-state index contributed by atoms with van der Waals surface area (Å²) in [4.78, 5) is 0. The Morgan fingerprint density at radius 2 is 1.95 bits per heavy atom. The van der Waals surface area contributed by atoms with Gasteiger partial charge in [0.25, 0.3) is 0 Å². The molecular formula is C17H24ClN3. The van der Waals surface area contributed by atoms with Gasteiger partial charge in [0.1, 0.15) is 0 Å². The van der Waals surface area contributed by atoms with E-state index in [1.165, 1.54) is 11.3 Å². The number of rotatable bonds is 6. The summed E-state index contributed by atoms with van der Waals surface area (Å²) in [6.07, 6.45) is 1.92. The number of nitrogens with one attached hydrogen (secondary N) is 1. The fourth-order valence-corrected chi connectivity index (χ4v) is 2.52. The van der Waals surface area contributed by atoms with E-state index in [4.69, 9.17) is 16.7 Å². The smallest absolute Gasteiger partial charge is 0.0694 e. The van der Waals surface area contributed by atoms with Gasteiger partial charge in [-0.15, -0.1) is 0 Å². The predicted octanol–water partition coefficient (Wildman–Crippen LogP) is 4.15. The van der Waals surface area contributed by atoms with Gasteiger partial charge in [-0.2, -0.15) is 5.10 Å². The summed E-state index contributed by atoms with van der Waals surface area (Å²) in [6, 6.07) is 8.65. The Balaban J connectivity index is 2.44. The highest BCUT2D eigenvalue weighted by atomic mass is 35.5. The van der Waals surface area contributed by atoms with Crippen molar-refractivity contribution in [2.24, 2.45) is 0 Å². The lowest BCUT2D eigenvalue weighted by molar-refractivity contribution is 0.586. The number of hydrogen-bond acceptors (Lipinski definition) is 2. The molecule has 114 valence electrons. The Hall–Kier alpha value is -1.32. The van der Waals surface area contributed by atoms with Gasteiger partial charge in [-0.05, 0) is 42.7 Å². The molecule has 0 aliphatic rings. The van der Waals surface area contributed by atoms with E-state index in [0.29, 0.717) is 6.04 Å². The first-order valence-corrected chi connectivity index (χ1v) is 8.02. The maximum atomic E-state index is 6.17. The van der Waals surface area contributed by atoms with E-state index in [1.54, 1.807) is 0 Å². The van der Waals surface area contributed by atoms with Gasteiger partial charge >= 0.3 is 0 Å². The minimum absolute atomic E-state index is 0.436. The number of benzene rings is 1. The van der Waals surface area contributed by atoms with Crippen LogP contribution in [0.5, 0.6) is 0 Å². The largest absolute Gasteiger partial charge is 0.310 e. The van der Waals surface area contributed by atoms with Gasteiger partial charge in [-0.1, -0.05) is 39.3 Å². The molecule has 21 heavy (non-hydrogen) atoms. The van der Waals surface area contributed by atoms with Crippen molar-refractivity contribution >= 4 is 11.6 Å². The summed E-state index contributed by atoms with van der Waals surface area (Å²) < 4.78 is 2.06. The summed E-state index contributed by atoms with van der Waals surface area (Å²) in [5.74, 6) is 0. The summed E-state index contributed by atoms with van der Waals surface area (Å²) in [5, 5.41) is 8.95. The minimum atomic E-state index is 0.436. The lowest BCUT2D eigenvalue weighted by atomic mass is 10.1. The third-order valence-electron chi connectivity index (χ3n) is 3.53. The van der Waals surface area contributed by atoms with Crippen LogP contribution in [0.2, 0.25) is 5.02 Å². The van der Waals surface area contributed by atoms with Crippen LogP contribution in [0, 0.1) is 0 Å². The summed E-state index contributed by atoms with van der Waals surface area (Å²) in [7, 11) is 0. The maximum Gasteiger partial charge on any atom is 0.0694 e. The van der Waals surface area contributed by atoms with Crippen molar-refractivity contribution in [2.75, 3.05) is 0 Å². The van der Waals surface area contributed by atoms with Crippen LogP contribution < -0.4 is 5.32 Å². The lowest BCUT2D eigenvalue weighted by Crippen LogP contribution is -2.23. The molecule has 0 aliphatic carbocycles. The molecule has 1 heterocycles. The summed E-state index contributed by atoms with van der Waals surface area (Å²) in [6.45, 7) is 9.37. The Kier molecular flexibility index (Phi) is 5.43. The molecule has 0 atom stereocenters. The zero-order valence-corrected chi connectivity index (χ0v) is 14.0. The standard InChI is InChI=1S/C17H24ClN3/c1-5-15-10-16(6-2)21(20-15)17-8-7-14(18)9-13(17)11-19-12(3)4/h7-10,12,19H,5-6,11H2,1-4H3. The SMILES string of the molecule is CCc1cc(CC)n(-c2ccc(Cl)cc2CNC(C)C)n1. The molecule has 0 radical (unpaired) electrons. The molecule has 0 aliphatic heterocycles. The van der Waals surface area contributed by atoms with Gasteiger partial charge in [-0.25, -0.2) is 4.68 Å². The van der Waals surface area contributed by atoms with Gasteiger partial charge in [0.2, 0.25) is 0 Å². The van der Waals surface area contributed by atoms with Crippen molar-refractivity contribution in [2.45, 2.75) is 53.1 Å². The molecule has 0 unspecified atom stereocenters. The van der Waals surface area contributed by atoms with Crippen LogP contribution in [-0.4, -0.2) is 15.8 Å². The molecule has 0 fully saturated rings. The van der Waals surface area contributed by atoms with Crippen LogP contribution in [0.4, 0.5) is 0 Å². The normalized spacial score (nSPS) is 11.3. The van der Waals surface area contributed by atoms with Crippen molar-refractivity contribution in [1.82, 2.24) is 15.1 Å². The average molecular weight is 306 g/mol. The highest BCUT2D eigenvalue weighted by molar-refractivity contribution is 6.30. The van der Waals surface area contributed by atoms with E-state index in [2.05, 4.69) is 49.8 Å². The third-order valence-corrected chi connectivity index (χ3v) is 3.76. The molecule has 1 aromatic heterocycles. The fourth-order valence-electron chi connectivity index (χ4n) is 2.32. The van der Waals surface area contributed by atoms with Crippen molar-refractivity contribution < 1.29 is 0 Å². The Morgan fingerprint density at radius 3 is 2.57 bits per heavy atom. The molecule has 2 rings (SSSR count). The van der Waals surface area contributed by atoms with Crippen LogP contribution in [0.1, 0.15) is 44.6 Å². The number of hydrogen-bond donors (Lipinski definition) is 1. The van der Waals surface area contributed by atoms with Gasteiger partial charge in [0, 0.05) is 23.3 Å². The van der Waals surface area contributed by atoms with Gasteiger partial charge < -0.3 is 5.32 Å². The number of aromatic nitrogens is 2. The fraction of sp³-hybridized carbons (Fsp3) is 0.471. The first-order valence-electron chi connectivity index (χ1n) is 7.65. The topological polar surface area (TPSA) is 29.9 Å². The predicted molar refractivity (Wildman–Crippen MR) is 89.3 cm³/mol. The van der Waals surface area contributed by atoms with E-state index >= 15 is 0 Å². The number of aryl methyl sites for hydroxylation is 2. The molecule has 4 heteroatoms. The summed E-state index contributed by atoms with van der Waals surface area (Å²) in [5.41, 5.74) is 4.66. The van der Waals surface area contributed by atoms with E-state index < -0.39 is 0 Å². The molecule has 2 aromatic rings. The van der Waals surface area contributed by atoms with E-state index in [9.17, 15) is 0 Å². The van der Waals surface area contributed by atoms with E-state index in [0.717, 1.165) is 35.8 Å². The molecule has 0 spiro atoms. The maximum absolute atomic E-state index is 6.17. The van der Waals surface area contributed by atoms with Crippen LogP contribution >= 0.6 is 11.6 Å². The molecule has 1 aromatic carbocycles. The molecule has 1 N–H and O–H groups in total.